The van der Waals surface area contributed by atoms with Crippen molar-refractivity contribution < 1.29 is 22.7 Å². The van der Waals surface area contributed by atoms with Gasteiger partial charge in [0.2, 0.25) is 5.91 Å². The normalized spacial score (nSPS) is 11.1. The summed E-state index contributed by atoms with van der Waals surface area (Å²) in [6, 6.07) is 28.2. The average Bonchev–Trinajstić information content (AvgIpc) is 2.93. The quantitative estimate of drug-likeness (QED) is 0.242. The molecule has 0 fully saturated rings. The summed E-state index contributed by atoms with van der Waals surface area (Å²) in [4.78, 5) is 13.0. The molecule has 0 aliphatic rings. The van der Waals surface area contributed by atoms with E-state index in [4.69, 9.17) is 9.47 Å². The molecule has 1 N–H and O–H groups in total. The van der Waals surface area contributed by atoms with E-state index in [0.29, 0.717) is 17.2 Å². The molecule has 4 aromatic carbocycles. The summed E-state index contributed by atoms with van der Waals surface area (Å²) in [6.07, 6.45) is 0. The minimum atomic E-state index is -4.02. The fraction of sp³-hybridized carbons (Fsp3) is 0.194. The number of benzene rings is 4. The van der Waals surface area contributed by atoms with Crippen LogP contribution in [0.2, 0.25) is 0 Å². The number of carbonyl (C=O) groups excluding carboxylic acids is 1. The van der Waals surface area contributed by atoms with Gasteiger partial charge in [-0.2, -0.15) is 0 Å². The number of carbonyl (C=O) groups is 1. The van der Waals surface area contributed by atoms with Crippen LogP contribution in [0.4, 0.5) is 5.69 Å². The zero-order chi connectivity index (χ0) is 27.8. The van der Waals surface area contributed by atoms with Gasteiger partial charge in [0, 0.05) is 0 Å². The van der Waals surface area contributed by atoms with Gasteiger partial charge in [-0.1, -0.05) is 48.0 Å². The highest BCUT2D eigenvalue weighted by atomic mass is 32.2. The molecule has 0 spiro atoms. The Morgan fingerprint density at radius 3 is 2.15 bits per heavy atom. The number of anilines is 1. The van der Waals surface area contributed by atoms with Crippen LogP contribution in [0.3, 0.4) is 0 Å². The monoisotopic (exact) mass is 544 g/mol. The third-order valence-electron chi connectivity index (χ3n) is 6.24. The Bertz CT molecular complexity index is 1500. The number of nitrogens with one attached hydrogen (secondary N) is 1. The summed E-state index contributed by atoms with van der Waals surface area (Å²) in [5.74, 6) is 1.52. The average molecular weight is 545 g/mol. The molecule has 4 aromatic rings. The van der Waals surface area contributed by atoms with Crippen LogP contribution < -0.4 is 19.1 Å². The van der Waals surface area contributed by atoms with Gasteiger partial charge in [-0.25, -0.2) is 8.42 Å². The van der Waals surface area contributed by atoms with Crippen molar-refractivity contribution in [3.8, 4) is 17.2 Å². The summed E-state index contributed by atoms with van der Waals surface area (Å²) in [6.45, 7) is 5.97. The summed E-state index contributed by atoms with van der Waals surface area (Å²) in [5.41, 5.74) is 3.44. The molecule has 0 aliphatic carbocycles. The van der Waals surface area contributed by atoms with E-state index in [-0.39, 0.29) is 18.0 Å². The van der Waals surface area contributed by atoms with Gasteiger partial charge in [-0.05, 0) is 86.5 Å². The lowest BCUT2D eigenvalue weighted by Crippen LogP contribution is -2.41. The Labute approximate surface area is 230 Å². The van der Waals surface area contributed by atoms with E-state index in [2.05, 4.69) is 5.32 Å². The Morgan fingerprint density at radius 1 is 0.795 bits per heavy atom. The van der Waals surface area contributed by atoms with Crippen LogP contribution in [0, 0.1) is 20.8 Å². The van der Waals surface area contributed by atoms with Crippen LogP contribution in [-0.2, 0) is 14.8 Å². The molecule has 0 saturated carbocycles. The summed E-state index contributed by atoms with van der Waals surface area (Å²) >= 11 is 0. The minimum absolute atomic E-state index is 0.101. The van der Waals surface area contributed by atoms with Crippen LogP contribution in [0.1, 0.15) is 16.7 Å². The second-order valence-electron chi connectivity index (χ2n) is 9.13. The van der Waals surface area contributed by atoms with Crippen LogP contribution >= 0.6 is 0 Å². The molecule has 202 valence electrons. The highest BCUT2D eigenvalue weighted by Crippen LogP contribution is 2.28. The third kappa shape index (κ3) is 7.18. The highest BCUT2D eigenvalue weighted by Gasteiger charge is 2.27. The molecule has 1 amide bonds. The molecule has 0 heterocycles. The van der Waals surface area contributed by atoms with Gasteiger partial charge < -0.3 is 14.8 Å². The van der Waals surface area contributed by atoms with E-state index >= 15 is 0 Å². The predicted octanol–water partition coefficient (Wildman–Crippen LogP) is 5.79. The number of aryl methyl sites for hydroxylation is 2. The van der Waals surface area contributed by atoms with E-state index in [1.807, 2.05) is 69.3 Å². The van der Waals surface area contributed by atoms with Gasteiger partial charge in [-0.3, -0.25) is 9.10 Å². The number of hydrogen-bond donors (Lipinski definition) is 1. The summed E-state index contributed by atoms with van der Waals surface area (Å²) < 4.78 is 40.0. The molecule has 0 unspecified atom stereocenters. The van der Waals surface area contributed by atoms with Gasteiger partial charge in [0.25, 0.3) is 10.0 Å². The molecule has 0 bridgehead atoms. The Morgan fingerprint density at radius 2 is 1.46 bits per heavy atom. The molecular weight excluding hydrogens is 512 g/mol. The first-order chi connectivity index (χ1) is 18.7. The maximum absolute atomic E-state index is 13.6. The maximum Gasteiger partial charge on any atom is 0.264 e. The van der Waals surface area contributed by atoms with Crippen LogP contribution in [0.25, 0.3) is 0 Å². The van der Waals surface area contributed by atoms with Crippen molar-refractivity contribution in [1.82, 2.24) is 5.32 Å². The van der Waals surface area contributed by atoms with E-state index in [1.54, 1.807) is 48.5 Å². The van der Waals surface area contributed by atoms with Crippen molar-refractivity contribution in [3.63, 3.8) is 0 Å². The maximum atomic E-state index is 13.6. The summed E-state index contributed by atoms with van der Waals surface area (Å²) in [7, 11) is -4.02. The van der Waals surface area contributed by atoms with Gasteiger partial charge in [0.1, 0.15) is 30.4 Å². The molecule has 0 atom stereocenters. The number of sulfonamides is 1. The molecular formula is C31H32N2O5S. The number of ether oxygens (including phenoxy) is 2. The molecule has 7 nitrogen and oxygen atoms in total. The number of hydrogen-bond acceptors (Lipinski definition) is 5. The fourth-order valence-electron chi connectivity index (χ4n) is 3.88. The van der Waals surface area contributed by atoms with Crippen molar-refractivity contribution in [1.29, 1.82) is 0 Å². The lowest BCUT2D eigenvalue weighted by Gasteiger charge is -2.24. The molecule has 8 heteroatoms. The topological polar surface area (TPSA) is 84.9 Å². The Balaban J connectivity index is 1.48. The standard InChI is InChI=1S/C31H32N2O5S/c1-23-12-18-29(19-13-23)39(35,36)33(26-14-16-28(17-15-26)38-27-9-5-4-6-10-27)22-31(34)32-20-21-37-30-11-7-8-24(2)25(30)3/h4-19H,20-22H2,1-3H3,(H,32,34). The van der Waals surface area contributed by atoms with Crippen molar-refractivity contribution in [2.75, 3.05) is 24.0 Å². The van der Waals surface area contributed by atoms with Crippen LogP contribution in [-0.4, -0.2) is 34.0 Å². The van der Waals surface area contributed by atoms with E-state index in [0.717, 1.165) is 26.7 Å². The predicted molar refractivity (Wildman–Crippen MR) is 153 cm³/mol. The van der Waals surface area contributed by atoms with Crippen molar-refractivity contribution >= 4 is 21.6 Å². The minimum Gasteiger partial charge on any atom is -0.491 e. The second kappa shape index (κ2) is 12.5. The van der Waals surface area contributed by atoms with Crippen molar-refractivity contribution in [2.24, 2.45) is 0 Å². The first-order valence-corrected chi connectivity index (χ1v) is 14.1. The lowest BCUT2D eigenvalue weighted by molar-refractivity contribution is -0.119. The fourth-order valence-corrected chi connectivity index (χ4v) is 5.30. The van der Waals surface area contributed by atoms with Crippen molar-refractivity contribution in [3.05, 3.63) is 114 Å². The van der Waals surface area contributed by atoms with Gasteiger partial charge in [-0.15, -0.1) is 0 Å². The smallest absolute Gasteiger partial charge is 0.264 e. The van der Waals surface area contributed by atoms with Gasteiger partial charge in [0.15, 0.2) is 0 Å². The molecule has 4 rings (SSSR count). The van der Waals surface area contributed by atoms with Gasteiger partial charge in [0.05, 0.1) is 17.1 Å². The highest BCUT2D eigenvalue weighted by molar-refractivity contribution is 7.92. The second-order valence-corrected chi connectivity index (χ2v) is 11.0. The Kier molecular flexibility index (Phi) is 8.88. The SMILES string of the molecule is Cc1ccc(S(=O)(=O)N(CC(=O)NCCOc2cccc(C)c2C)c2ccc(Oc3ccccc3)cc2)cc1. The number of nitrogens with zero attached hydrogens (tertiary/aromatic N) is 1. The lowest BCUT2D eigenvalue weighted by atomic mass is 10.1. The Hall–Kier alpha value is -4.30. The number of rotatable bonds is 11. The van der Waals surface area contributed by atoms with Crippen LogP contribution in [0.15, 0.2) is 102 Å². The zero-order valence-electron chi connectivity index (χ0n) is 22.3. The first-order valence-electron chi connectivity index (χ1n) is 12.6. The molecule has 0 aliphatic heterocycles. The van der Waals surface area contributed by atoms with Crippen molar-refractivity contribution in [2.45, 2.75) is 25.7 Å². The molecule has 0 aromatic heterocycles. The largest absolute Gasteiger partial charge is 0.491 e. The molecule has 0 saturated heterocycles. The van der Waals surface area contributed by atoms with E-state index in [1.165, 1.54) is 0 Å². The third-order valence-corrected chi connectivity index (χ3v) is 8.02. The first kappa shape index (κ1) is 27.7. The van der Waals surface area contributed by atoms with E-state index in [9.17, 15) is 13.2 Å². The zero-order valence-corrected chi connectivity index (χ0v) is 23.1. The van der Waals surface area contributed by atoms with Crippen LogP contribution in [0.5, 0.6) is 17.2 Å². The number of para-hydroxylation sites is 1. The number of amides is 1. The molecule has 0 radical (unpaired) electrons. The summed E-state index contributed by atoms with van der Waals surface area (Å²) in [5, 5.41) is 2.77. The van der Waals surface area contributed by atoms with Gasteiger partial charge >= 0.3 is 0 Å². The van der Waals surface area contributed by atoms with E-state index < -0.39 is 22.5 Å². The molecule has 39 heavy (non-hydrogen) atoms.